The Morgan fingerprint density at radius 1 is 1.29 bits per heavy atom. The van der Waals surface area contributed by atoms with E-state index in [1.54, 1.807) is 30.0 Å². The molecule has 7 nitrogen and oxygen atoms in total. The summed E-state index contributed by atoms with van der Waals surface area (Å²) >= 11 is 0. The number of rotatable bonds is 4. The quantitative estimate of drug-likeness (QED) is 0.617. The highest BCUT2D eigenvalue weighted by Crippen LogP contribution is 2.28. The van der Waals surface area contributed by atoms with Gasteiger partial charge in [-0.15, -0.1) is 0 Å². The number of amides is 1. The third-order valence-electron chi connectivity index (χ3n) is 3.71. The molecule has 0 aromatic heterocycles. The number of para-hydroxylation sites is 2. The summed E-state index contributed by atoms with van der Waals surface area (Å²) in [5.74, 6) is -0.0419. The molecule has 0 saturated carbocycles. The van der Waals surface area contributed by atoms with E-state index in [-0.39, 0.29) is 16.5 Å². The second-order valence-electron chi connectivity index (χ2n) is 4.94. The number of benzene rings is 1. The fourth-order valence-electron chi connectivity index (χ4n) is 2.41. The summed E-state index contributed by atoms with van der Waals surface area (Å²) in [5.41, 5.74) is 0.705. The molecule has 1 aliphatic heterocycles. The minimum Gasteiger partial charge on any atom is -0.372 e. The Morgan fingerprint density at radius 2 is 1.90 bits per heavy atom. The van der Waals surface area contributed by atoms with E-state index in [0.29, 0.717) is 31.9 Å². The number of methoxy groups -OCH3 is 1. The first-order valence-electron chi connectivity index (χ1n) is 6.84. The van der Waals surface area contributed by atoms with Crippen LogP contribution in [0.4, 0.5) is 11.4 Å². The van der Waals surface area contributed by atoms with Crippen LogP contribution in [0.5, 0.6) is 0 Å². The second kappa shape index (κ2) is 6.53. The van der Waals surface area contributed by atoms with Gasteiger partial charge in [0.15, 0.2) is 0 Å². The molecular weight excluding hydrogens is 274 g/mol. The van der Waals surface area contributed by atoms with Gasteiger partial charge in [0.1, 0.15) is 11.8 Å². The number of nitro groups is 1. The predicted octanol–water partition coefficient (Wildman–Crippen LogP) is 1.28. The van der Waals surface area contributed by atoms with Gasteiger partial charge >= 0.3 is 0 Å². The molecule has 1 aromatic rings. The molecule has 1 heterocycles. The van der Waals surface area contributed by atoms with Crippen molar-refractivity contribution in [2.75, 3.05) is 38.2 Å². The Bertz CT molecular complexity index is 527. The first-order valence-corrected chi connectivity index (χ1v) is 6.84. The minimum atomic E-state index is -0.456. The summed E-state index contributed by atoms with van der Waals surface area (Å²) in [6.07, 6.45) is -0.456. The van der Waals surface area contributed by atoms with Gasteiger partial charge in [-0.2, -0.15) is 0 Å². The number of carbonyl (C=O) groups excluding carboxylic acids is 1. The normalized spacial score (nSPS) is 16.7. The van der Waals surface area contributed by atoms with Crippen LogP contribution in [-0.4, -0.2) is 55.1 Å². The summed E-state index contributed by atoms with van der Waals surface area (Å²) < 4.78 is 5.03. The van der Waals surface area contributed by atoms with Gasteiger partial charge in [-0.3, -0.25) is 14.9 Å². The average Bonchev–Trinajstić information content (AvgIpc) is 2.53. The van der Waals surface area contributed by atoms with Crippen molar-refractivity contribution in [2.24, 2.45) is 0 Å². The Hall–Kier alpha value is -2.15. The van der Waals surface area contributed by atoms with Gasteiger partial charge in [-0.25, -0.2) is 0 Å². The number of anilines is 1. The van der Waals surface area contributed by atoms with Crippen molar-refractivity contribution in [3.8, 4) is 0 Å². The molecule has 0 bridgehead atoms. The Labute approximate surface area is 123 Å². The van der Waals surface area contributed by atoms with E-state index in [9.17, 15) is 14.9 Å². The second-order valence-corrected chi connectivity index (χ2v) is 4.94. The van der Waals surface area contributed by atoms with Crippen molar-refractivity contribution in [2.45, 2.75) is 13.0 Å². The highest BCUT2D eigenvalue weighted by atomic mass is 16.6. The lowest BCUT2D eigenvalue weighted by Gasteiger charge is -2.36. The molecule has 1 saturated heterocycles. The molecular formula is C14H19N3O4. The third-order valence-corrected chi connectivity index (χ3v) is 3.71. The first kappa shape index (κ1) is 15.2. The molecule has 1 amide bonds. The standard InChI is InChI=1S/C14H19N3O4/c1-11(21-2)14(18)16-9-7-15(8-10-16)12-5-3-4-6-13(12)17(19)20/h3-6,11H,7-10H2,1-2H3. The molecule has 21 heavy (non-hydrogen) atoms. The highest BCUT2D eigenvalue weighted by molar-refractivity contribution is 5.81. The molecule has 7 heteroatoms. The zero-order valence-electron chi connectivity index (χ0n) is 12.2. The molecule has 1 unspecified atom stereocenters. The third kappa shape index (κ3) is 3.30. The van der Waals surface area contributed by atoms with Crippen molar-refractivity contribution in [1.82, 2.24) is 4.90 Å². The first-order chi connectivity index (χ1) is 10.0. The number of hydrogen-bond acceptors (Lipinski definition) is 5. The maximum Gasteiger partial charge on any atom is 0.292 e. The largest absolute Gasteiger partial charge is 0.372 e. The topological polar surface area (TPSA) is 75.9 Å². The Morgan fingerprint density at radius 3 is 2.48 bits per heavy atom. The number of hydrogen-bond donors (Lipinski definition) is 0. The van der Waals surface area contributed by atoms with Crippen molar-refractivity contribution in [1.29, 1.82) is 0 Å². The molecule has 1 aliphatic rings. The van der Waals surface area contributed by atoms with Crippen LogP contribution >= 0.6 is 0 Å². The molecule has 0 spiro atoms. The van der Waals surface area contributed by atoms with Crippen molar-refractivity contribution in [3.05, 3.63) is 34.4 Å². The summed E-state index contributed by atoms with van der Waals surface area (Å²) in [4.78, 5) is 26.4. The van der Waals surface area contributed by atoms with Gasteiger partial charge in [0, 0.05) is 39.4 Å². The summed E-state index contributed by atoms with van der Waals surface area (Å²) in [5, 5.41) is 11.1. The van der Waals surface area contributed by atoms with Gasteiger partial charge in [0.2, 0.25) is 0 Å². The number of nitro benzene ring substituents is 1. The average molecular weight is 293 g/mol. The lowest BCUT2D eigenvalue weighted by molar-refractivity contribution is -0.384. The van der Waals surface area contributed by atoms with Crippen LogP contribution in [-0.2, 0) is 9.53 Å². The van der Waals surface area contributed by atoms with E-state index in [4.69, 9.17) is 4.74 Å². The molecule has 1 fully saturated rings. The number of ether oxygens (including phenoxy) is 1. The fraction of sp³-hybridized carbons (Fsp3) is 0.500. The summed E-state index contributed by atoms with van der Waals surface area (Å²) in [6, 6.07) is 6.68. The molecule has 114 valence electrons. The van der Waals surface area contributed by atoms with Crippen LogP contribution in [0.25, 0.3) is 0 Å². The van der Waals surface area contributed by atoms with Crippen LogP contribution in [0, 0.1) is 10.1 Å². The van der Waals surface area contributed by atoms with E-state index in [1.165, 1.54) is 13.2 Å². The van der Waals surface area contributed by atoms with E-state index in [2.05, 4.69) is 0 Å². The molecule has 0 radical (unpaired) electrons. The molecule has 0 aliphatic carbocycles. The smallest absolute Gasteiger partial charge is 0.292 e. The van der Waals surface area contributed by atoms with Gasteiger partial charge in [-0.1, -0.05) is 12.1 Å². The van der Waals surface area contributed by atoms with Crippen molar-refractivity contribution in [3.63, 3.8) is 0 Å². The molecule has 1 aromatic carbocycles. The van der Waals surface area contributed by atoms with Gasteiger partial charge < -0.3 is 14.5 Å². The van der Waals surface area contributed by atoms with E-state index in [1.807, 2.05) is 4.90 Å². The zero-order chi connectivity index (χ0) is 15.4. The minimum absolute atomic E-state index is 0.0419. The molecule has 0 N–H and O–H groups in total. The number of carbonyl (C=O) groups is 1. The van der Waals surface area contributed by atoms with E-state index >= 15 is 0 Å². The maximum absolute atomic E-state index is 12.0. The zero-order valence-corrected chi connectivity index (χ0v) is 12.2. The molecule has 1 atom stereocenters. The monoisotopic (exact) mass is 293 g/mol. The number of nitrogens with zero attached hydrogens (tertiary/aromatic N) is 3. The van der Waals surface area contributed by atoms with Gasteiger partial charge in [-0.05, 0) is 13.0 Å². The van der Waals surface area contributed by atoms with Crippen LogP contribution in [0.15, 0.2) is 24.3 Å². The van der Waals surface area contributed by atoms with Crippen molar-refractivity contribution < 1.29 is 14.5 Å². The lowest BCUT2D eigenvalue weighted by atomic mass is 10.2. The Kier molecular flexibility index (Phi) is 4.74. The number of piperazine rings is 1. The maximum atomic E-state index is 12.0. The summed E-state index contributed by atoms with van der Waals surface area (Å²) in [7, 11) is 1.51. The fourth-order valence-corrected chi connectivity index (χ4v) is 2.41. The highest BCUT2D eigenvalue weighted by Gasteiger charge is 2.27. The SMILES string of the molecule is COC(C)C(=O)N1CCN(c2ccccc2[N+](=O)[O-])CC1. The molecule has 2 rings (SSSR count). The van der Waals surface area contributed by atoms with Crippen LogP contribution in [0.2, 0.25) is 0 Å². The predicted molar refractivity (Wildman–Crippen MR) is 78.4 cm³/mol. The van der Waals surface area contributed by atoms with Crippen molar-refractivity contribution >= 4 is 17.3 Å². The van der Waals surface area contributed by atoms with E-state index < -0.39 is 6.10 Å². The summed E-state index contributed by atoms with van der Waals surface area (Å²) in [6.45, 7) is 3.95. The van der Waals surface area contributed by atoms with Gasteiger partial charge in [0.05, 0.1) is 4.92 Å². The Balaban J connectivity index is 2.05. The van der Waals surface area contributed by atoms with Crippen LogP contribution in [0.1, 0.15) is 6.92 Å². The van der Waals surface area contributed by atoms with E-state index in [0.717, 1.165) is 0 Å². The van der Waals surface area contributed by atoms with Gasteiger partial charge in [0.25, 0.3) is 11.6 Å². The lowest BCUT2D eigenvalue weighted by Crippen LogP contribution is -2.51. The van der Waals surface area contributed by atoms with Crippen LogP contribution in [0.3, 0.4) is 0 Å². The van der Waals surface area contributed by atoms with Crippen LogP contribution < -0.4 is 4.90 Å².